The van der Waals surface area contributed by atoms with E-state index in [9.17, 15) is 4.79 Å². The number of thiophene rings is 1. The summed E-state index contributed by atoms with van der Waals surface area (Å²) in [6.07, 6.45) is 1.19. The number of benzene rings is 1. The van der Waals surface area contributed by atoms with Gasteiger partial charge in [-0.3, -0.25) is 4.79 Å². The Morgan fingerprint density at radius 1 is 1.50 bits per heavy atom. The zero-order valence-corrected chi connectivity index (χ0v) is 14.0. The van der Waals surface area contributed by atoms with Crippen LogP contribution in [0.4, 0.5) is 5.69 Å². The second kappa shape index (κ2) is 5.95. The van der Waals surface area contributed by atoms with Crippen LogP contribution in [-0.2, 0) is 0 Å². The zero-order valence-electron chi connectivity index (χ0n) is 10.8. The fourth-order valence-corrected chi connectivity index (χ4v) is 5.20. The molecule has 1 unspecified atom stereocenters. The fourth-order valence-electron chi connectivity index (χ4n) is 2.32. The van der Waals surface area contributed by atoms with Gasteiger partial charge < -0.3 is 11.1 Å². The first-order valence-corrected chi connectivity index (χ1v) is 9.25. The number of nitrogens with two attached hydrogens (primary N) is 1. The summed E-state index contributed by atoms with van der Waals surface area (Å²) in [5, 5.41) is 3.98. The topological polar surface area (TPSA) is 55.1 Å². The average Bonchev–Trinajstić information content (AvgIpc) is 3.04. The van der Waals surface area contributed by atoms with Gasteiger partial charge in [-0.15, -0.1) is 11.3 Å². The number of amides is 1. The first-order chi connectivity index (χ1) is 9.65. The van der Waals surface area contributed by atoms with Crippen molar-refractivity contribution in [2.45, 2.75) is 6.42 Å². The summed E-state index contributed by atoms with van der Waals surface area (Å²) in [7, 11) is 0. The van der Waals surface area contributed by atoms with Crippen molar-refractivity contribution in [1.82, 2.24) is 5.32 Å². The molecule has 1 aromatic heterocycles. The summed E-state index contributed by atoms with van der Waals surface area (Å²) in [6.45, 7) is 0.753. The number of nitrogen functional groups attached to an aromatic ring is 1. The van der Waals surface area contributed by atoms with Gasteiger partial charge in [0.1, 0.15) is 4.88 Å². The van der Waals surface area contributed by atoms with E-state index in [2.05, 4.69) is 21.2 Å². The van der Waals surface area contributed by atoms with Crippen LogP contribution in [0.2, 0.25) is 0 Å². The van der Waals surface area contributed by atoms with Crippen molar-refractivity contribution < 1.29 is 4.79 Å². The first kappa shape index (κ1) is 14.2. The molecule has 20 heavy (non-hydrogen) atoms. The number of rotatable bonds is 3. The molecule has 0 bridgehead atoms. The van der Waals surface area contributed by atoms with Crippen LogP contribution in [0.3, 0.4) is 0 Å². The molecular formula is C14H15BrN2OS2. The minimum atomic E-state index is -0.0447. The van der Waals surface area contributed by atoms with Gasteiger partial charge in [0.15, 0.2) is 0 Å². The molecule has 1 aliphatic rings. The largest absolute Gasteiger partial charge is 0.397 e. The van der Waals surface area contributed by atoms with Crippen LogP contribution in [0.5, 0.6) is 0 Å². The molecule has 3 nitrogen and oxygen atoms in total. The Morgan fingerprint density at radius 2 is 2.35 bits per heavy atom. The molecule has 1 aliphatic heterocycles. The number of hydrogen-bond donors (Lipinski definition) is 2. The third kappa shape index (κ3) is 2.82. The van der Waals surface area contributed by atoms with E-state index in [1.165, 1.54) is 23.5 Å². The van der Waals surface area contributed by atoms with E-state index in [1.54, 1.807) is 0 Å². The van der Waals surface area contributed by atoms with Gasteiger partial charge in [-0.05, 0) is 36.0 Å². The molecule has 106 valence electrons. The molecule has 1 amide bonds. The maximum Gasteiger partial charge on any atom is 0.263 e. The van der Waals surface area contributed by atoms with E-state index in [0.29, 0.717) is 16.5 Å². The van der Waals surface area contributed by atoms with Crippen LogP contribution < -0.4 is 11.1 Å². The normalized spacial score (nSPS) is 18.6. The monoisotopic (exact) mass is 370 g/mol. The maximum absolute atomic E-state index is 12.3. The first-order valence-electron chi connectivity index (χ1n) is 6.48. The van der Waals surface area contributed by atoms with Gasteiger partial charge in [0, 0.05) is 21.1 Å². The second-order valence-electron chi connectivity index (χ2n) is 4.92. The molecular weight excluding hydrogens is 356 g/mol. The molecule has 6 heteroatoms. The third-order valence-electron chi connectivity index (χ3n) is 3.47. The van der Waals surface area contributed by atoms with Crippen molar-refractivity contribution in [1.29, 1.82) is 0 Å². The average molecular weight is 371 g/mol. The lowest BCUT2D eigenvalue weighted by molar-refractivity contribution is 0.0953. The minimum Gasteiger partial charge on any atom is -0.397 e. The number of nitrogens with one attached hydrogen (secondary N) is 1. The van der Waals surface area contributed by atoms with Gasteiger partial charge in [-0.2, -0.15) is 11.8 Å². The highest BCUT2D eigenvalue weighted by atomic mass is 79.9. The summed E-state index contributed by atoms with van der Waals surface area (Å²) in [5.41, 5.74) is 6.70. The molecule has 3 rings (SSSR count). The Morgan fingerprint density at radius 3 is 3.10 bits per heavy atom. The van der Waals surface area contributed by atoms with Crippen molar-refractivity contribution in [3.05, 3.63) is 27.5 Å². The lowest BCUT2D eigenvalue weighted by atomic mass is 10.1. The van der Waals surface area contributed by atoms with Crippen molar-refractivity contribution in [2.75, 3.05) is 23.8 Å². The minimum absolute atomic E-state index is 0.0447. The molecule has 0 aliphatic carbocycles. The van der Waals surface area contributed by atoms with E-state index in [4.69, 9.17) is 5.73 Å². The molecule has 3 N–H and O–H groups in total. The Labute approximate surface area is 134 Å². The summed E-state index contributed by atoms with van der Waals surface area (Å²) in [4.78, 5) is 12.9. The molecule has 2 heterocycles. The van der Waals surface area contributed by atoms with Gasteiger partial charge in [0.05, 0.1) is 5.69 Å². The van der Waals surface area contributed by atoms with E-state index in [0.717, 1.165) is 26.9 Å². The molecule has 1 fully saturated rings. The van der Waals surface area contributed by atoms with Crippen LogP contribution in [0.25, 0.3) is 10.1 Å². The summed E-state index contributed by atoms with van der Waals surface area (Å²) < 4.78 is 2.04. The molecule has 0 radical (unpaired) electrons. The number of fused-ring (bicyclic) bond motifs is 1. The van der Waals surface area contributed by atoms with Gasteiger partial charge >= 0.3 is 0 Å². The Balaban J connectivity index is 1.78. The number of anilines is 1. The van der Waals surface area contributed by atoms with E-state index in [-0.39, 0.29) is 5.91 Å². The van der Waals surface area contributed by atoms with Crippen LogP contribution >= 0.6 is 39.0 Å². The highest BCUT2D eigenvalue weighted by molar-refractivity contribution is 9.10. The molecule has 0 spiro atoms. The predicted molar refractivity (Wildman–Crippen MR) is 91.7 cm³/mol. The fraction of sp³-hybridized carbons (Fsp3) is 0.357. The van der Waals surface area contributed by atoms with Crippen LogP contribution in [0, 0.1) is 5.92 Å². The quantitative estimate of drug-likeness (QED) is 0.865. The van der Waals surface area contributed by atoms with E-state index in [1.807, 2.05) is 30.0 Å². The van der Waals surface area contributed by atoms with Crippen molar-refractivity contribution in [3.63, 3.8) is 0 Å². The number of thioether (sulfide) groups is 1. The summed E-state index contributed by atoms with van der Waals surface area (Å²) >= 11 is 6.86. The van der Waals surface area contributed by atoms with E-state index >= 15 is 0 Å². The number of halogens is 1. The standard InChI is InChI=1S/C14H15BrN2OS2/c15-9-1-2-10-11(5-9)20-13(12(10)16)14(18)17-6-8-3-4-19-7-8/h1-2,5,8H,3-4,6-7,16H2,(H,17,18). The molecule has 1 aromatic carbocycles. The molecule has 2 aromatic rings. The lowest BCUT2D eigenvalue weighted by Gasteiger charge is -2.09. The number of carbonyl (C=O) groups excluding carboxylic acids is 1. The Kier molecular flexibility index (Phi) is 4.23. The Bertz CT molecular complexity index is 650. The van der Waals surface area contributed by atoms with Crippen molar-refractivity contribution in [3.8, 4) is 0 Å². The van der Waals surface area contributed by atoms with Crippen LogP contribution in [-0.4, -0.2) is 24.0 Å². The SMILES string of the molecule is Nc1c(C(=O)NCC2CCSC2)sc2cc(Br)ccc12. The number of hydrogen-bond acceptors (Lipinski definition) is 4. The van der Waals surface area contributed by atoms with Gasteiger partial charge in [0.25, 0.3) is 5.91 Å². The van der Waals surface area contributed by atoms with E-state index < -0.39 is 0 Å². The third-order valence-corrected chi connectivity index (χ3v) is 6.36. The second-order valence-corrected chi connectivity index (χ2v) is 8.04. The van der Waals surface area contributed by atoms with Crippen molar-refractivity contribution >= 4 is 60.7 Å². The predicted octanol–water partition coefficient (Wildman–Crippen LogP) is 3.73. The molecule has 1 saturated heterocycles. The summed E-state index contributed by atoms with van der Waals surface area (Å²) in [5.74, 6) is 2.92. The smallest absolute Gasteiger partial charge is 0.263 e. The lowest BCUT2D eigenvalue weighted by Crippen LogP contribution is -2.29. The highest BCUT2D eigenvalue weighted by Gasteiger charge is 2.19. The van der Waals surface area contributed by atoms with Crippen LogP contribution in [0.15, 0.2) is 22.7 Å². The van der Waals surface area contributed by atoms with Crippen LogP contribution in [0.1, 0.15) is 16.1 Å². The van der Waals surface area contributed by atoms with Gasteiger partial charge in [-0.1, -0.05) is 22.0 Å². The highest BCUT2D eigenvalue weighted by Crippen LogP contribution is 2.35. The molecule has 1 atom stereocenters. The van der Waals surface area contributed by atoms with Crippen molar-refractivity contribution in [2.24, 2.45) is 5.92 Å². The maximum atomic E-state index is 12.3. The Hall–Kier alpha value is -0.720. The number of carbonyl (C=O) groups is 1. The molecule has 0 saturated carbocycles. The summed E-state index contributed by atoms with van der Waals surface area (Å²) in [6, 6.07) is 5.90. The van der Waals surface area contributed by atoms with Gasteiger partial charge in [0.2, 0.25) is 0 Å². The van der Waals surface area contributed by atoms with Gasteiger partial charge in [-0.25, -0.2) is 0 Å². The zero-order chi connectivity index (χ0) is 14.1.